The maximum Gasteiger partial charge on any atom is 0.281 e. The molecule has 7 heteroatoms. The quantitative estimate of drug-likeness (QED) is 0.745. The highest BCUT2D eigenvalue weighted by atomic mass is 32.2. The number of hydrogen-bond acceptors (Lipinski definition) is 6. The number of pyridine rings is 1. The number of carbonyl (C=O) groups excluding carboxylic acids is 1. The molecule has 0 radical (unpaired) electrons. The zero-order chi connectivity index (χ0) is 15.4. The van der Waals surface area contributed by atoms with Crippen molar-refractivity contribution in [1.82, 2.24) is 9.97 Å². The fraction of sp³-hybridized carbons (Fsp3) is 0.0667. The van der Waals surface area contributed by atoms with E-state index < -0.39 is 0 Å². The highest BCUT2D eigenvalue weighted by Crippen LogP contribution is 2.21. The number of thioether (sulfide) groups is 1. The summed E-state index contributed by atoms with van der Waals surface area (Å²) in [6, 6.07) is 12.7. The number of nitrogens with one attached hydrogen (secondary N) is 1. The van der Waals surface area contributed by atoms with Gasteiger partial charge in [0.15, 0.2) is 5.13 Å². The van der Waals surface area contributed by atoms with Crippen LogP contribution in [0.25, 0.3) is 10.1 Å². The standard InChI is InChI=1S/C15H11N3O2S2/c19-12(9-21-13-7-3-4-8-16-13)17-15-18-14(20)10-5-1-2-6-11(10)22-15/h1-8H,9H2,(H,17,18,19,20). The molecule has 0 atom stereocenters. The lowest BCUT2D eigenvalue weighted by Crippen LogP contribution is -2.17. The molecule has 0 saturated heterocycles. The Hall–Kier alpha value is -2.25. The van der Waals surface area contributed by atoms with Gasteiger partial charge in [0.1, 0.15) is 0 Å². The summed E-state index contributed by atoms with van der Waals surface area (Å²) in [7, 11) is 0. The molecule has 0 aliphatic heterocycles. The predicted molar refractivity (Wildman–Crippen MR) is 89.5 cm³/mol. The van der Waals surface area contributed by atoms with Crippen LogP contribution in [0.4, 0.5) is 5.13 Å². The lowest BCUT2D eigenvalue weighted by atomic mass is 10.3. The molecular weight excluding hydrogens is 318 g/mol. The summed E-state index contributed by atoms with van der Waals surface area (Å²) in [6.45, 7) is 0. The smallest absolute Gasteiger partial charge is 0.281 e. The Kier molecular flexibility index (Phi) is 4.45. The van der Waals surface area contributed by atoms with Crippen molar-refractivity contribution in [2.75, 3.05) is 11.1 Å². The fourth-order valence-electron chi connectivity index (χ4n) is 1.79. The maximum absolute atomic E-state index is 11.9. The third-order valence-corrected chi connectivity index (χ3v) is 4.67. The maximum atomic E-state index is 11.9. The van der Waals surface area contributed by atoms with Crippen molar-refractivity contribution < 1.29 is 4.79 Å². The number of benzene rings is 1. The molecular formula is C15H11N3O2S2. The Balaban J connectivity index is 1.70. The summed E-state index contributed by atoms with van der Waals surface area (Å²) in [5, 5.41) is 4.32. The number of aromatic nitrogens is 2. The van der Waals surface area contributed by atoms with Crippen molar-refractivity contribution in [2.24, 2.45) is 0 Å². The van der Waals surface area contributed by atoms with E-state index in [1.165, 1.54) is 23.1 Å². The number of rotatable bonds is 4. The molecule has 0 aliphatic carbocycles. The highest BCUT2D eigenvalue weighted by molar-refractivity contribution is 7.99. The second kappa shape index (κ2) is 6.67. The molecule has 1 aromatic carbocycles. The average Bonchev–Trinajstić information content (AvgIpc) is 2.54. The van der Waals surface area contributed by atoms with Crippen LogP contribution in [0.2, 0.25) is 0 Å². The van der Waals surface area contributed by atoms with E-state index in [-0.39, 0.29) is 17.2 Å². The van der Waals surface area contributed by atoms with E-state index in [0.29, 0.717) is 10.5 Å². The molecule has 0 aliphatic rings. The SMILES string of the molecule is O=C(CSc1ccccn1)Nc1nc(=O)c2ccccc2s1. The highest BCUT2D eigenvalue weighted by Gasteiger charge is 2.08. The number of nitrogens with zero attached hydrogens (tertiary/aromatic N) is 2. The summed E-state index contributed by atoms with van der Waals surface area (Å²) < 4.78 is 0.801. The van der Waals surface area contributed by atoms with Crippen LogP contribution < -0.4 is 10.9 Å². The van der Waals surface area contributed by atoms with Gasteiger partial charge in [-0.1, -0.05) is 41.3 Å². The summed E-state index contributed by atoms with van der Waals surface area (Å²) in [4.78, 5) is 31.9. The molecule has 2 heterocycles. The van der Waals surface area contributed by atoms with Gasteiger partial charge in [0.2, 0.25) is 5.91 Å². The Bertz CT molecular complexity index is 865. The monoisotopic (exact) mass is 329 g/mol. The first kappa shape index (κ1) is 14.7. The number of fused-ring (bicyclic) bond motifs is 1. The zero-order valence-electron chi connectivity index (χ0n) is 11.4. The summed E-state index contributed by atoms with van der Waals surface area (Å²) >= 11 is 2.61. The number of amides is 1. The van der Waals surface area contributed by atoms with E-state index in [2.05, 4.69) is 15.3 Å². The molecule has 1 N–H and O–H groups in total. The molecule has 0 fully saturated rings. The third-order valence-electron chi connectivity index (χ3n) is 2.76. The predicted octanol–water partition coefficient (Wildman–Crippen LogP) is 2.78. The molecule has 3 rings (SSSR count). The third kappa shape index (κ3) is 3.49. The van der Waals surface area contributed by atoms with E-state index >= 15 is 0 Å². The van der Waals surface area contributed by atoms with Crippen LogP contribution in [0.1, 0.15) is 0 Å². The first-order valence-electron chi connectivity index (χ1n) is 6.46. The minimum atomic E-state index is -0.331. The topological polar surface area (TPSA) is 72.0 Å². The van der Waals surface area contributed by atoms with Crippen LogP contribution >= 0.6 is 23.1 Å². The second-order valence-corrected chi connectivity index (χ2v) is 6.35. The normalized spacial score (nSPS) is 10.5. The minimum absolute atomic E-state index is 0.214. The van der Waals surface area contributed by atoms with Gasteiger partial charge in [0.05, 0.1) is 16.2 Å². The Morgan fingerprint density at radius 1 is 1.18 bits per heavy atom. The second-order valence-electron chi connectivity index (χ2n) is 4.33. The van der Waals surface area contributed by atoms with Crippen molar-refractivity contribution in [3.8, 4) is 0 Å². The van der Waals surface area contributed by atoms with Gasteiger partial charge in [0, 0.05) is 10.9 Å². The molecule has 1 amide bonds. The fourth-order valence-corrected chi connectivity index (χ4v) is 3.37. The first-order valence-corrected chi connectivity index (χ1v) is 8.26. The van der Waals surface area contributed by atoms with Gasteiger partial charge in [-0.05, 0) is 24.3 Å². The van der Waals surface area contributed by atoms with E-state index in [1.807, 2.05) is 30.3 Å². The van der Waals surface area contributed by atoms with Gasteiger partial charge in [-0.2, -0.15) is 4.98 Å². The largest absolute Gasteiger partial charge is 0.301 e. The molecule has 22 heavy (non-hydrogen) atoms. The Morgan fingerprint density at radius 2 is 2.00 bits per heavy atom. The Morgan fingerprint density at radius 3 is 2.82 bits per heavy atom. The van der Waals surface area contributed by atoms with E-state index in [1.54, 1.807) is 18.3 Å². The van der Waals surface area contributed by atoms with Gasteiger partial charge in [-0.25, -0.2) is 4.98 Å². The minimum Gasteiger partial charge on any atom is -0.301 e. The van der Waals surface area contributed by atoms with Gasteiger partial charge in [-0.3, -0.25) is 9.59 Å². The van der Waals surface area contributed by atoms with Gasteiger partial charge >= 0.3 is 0 Å². The van der Waals surface area contributed by atoms with Crippen molar-refractivity contribution >= 4 is 44.2 Å². The number of anilines is 1. The van der Waals surface area contributed by atoms with Crippen LogP contribution in [-0.2, 0) is 4.79 Å². The molecule has 0 spiro atoms. The summed E-state index contributed by atoms with van der Waals surface area (Å²) in [5.41, 5.74) is -0.331. The molecule has 110 valence electrons. The van der Waals surface area contributed by atoms with Gasteiger partial charge < -0.3 is 5.32 Å². The molecule has 3 aromatic rings. The van der Waals surface area contributed by atoms with E-state index in [4.69, 9.17) is 0 Å². The van der Waals surface area contributed by atoms with Crippen molar-refractivity contribution in [3.63, 3.8) is 0 Å². The zero-order valence-corrected chi connectivity index (χ0v) is 13.0. The van der Waals surface area contributed by atoms with Crippen LogP contribution in [0.3, 0.4) is 0 Å². The molecule has 5 nitrogen and oxygen atoms in total. The number of carbonyl (C=O) groups is 1. The van der Waals surface area contributed by atoms with E-state index in [9.17, 15) is 9.59 Å². The summed E-state index contributed by atoms with van der Waals surface area (Å²) in [5.74, 6) is 0.000902. The lowest BCUT2D eigenvalue weighted by molar-refractivity contribution is -0.113. The summed E-state index contributed by atoms with van der Waals surface area (Å²) in [6.07, 6.45) is 1.68. The molecule has 0 unspecified atom stereocenters. The van der Waals surface area contributed by atoms with Crippen molar-refractivity contribution in [1.29, 1.82) is 0 Å². The van der Waals surface area contributed by atoms with Crippen LogP contribution in [0.15, 0.2) is 58.5 Å². The van der Waals surface area contributed by atoms with Crippen LogP contribution in [-0.4, -0.2) is 21.6 Å². The van der Waals surface area contributed by atoms with Crippen LogP contribution in [0.5, 0.6) is 0 Å². The lowest BCUT2D eigenvalue weighted by Gasteiger charge is -2.04. The first-order chi connectivity index (χ1) is 10.7. The molecule has 0 bridgehead atoms. The molecule has 2 aromatic heterocycles. The van der Waals surface area contributed by atoms with Gasteiger partial charge in [-0.15, -0.1) is 0 Å². The van der Waals surface area contributed by atoms with E-state index in [0.717, 1.165) is 9.73 Å². The Labute approximate surface area is 134 Å². The van der Waals surface area contributed by atoms with Crippen LogP contribution in [0, 0.1) is 0 Å². The number of hydrogen-bond donors (Lipinski definition) is 1. The van der Waals surface area contributed by atoms with Gasteiger partial charge in [0.25, 0.3) is 5.56 Å². The van der Waals surface area contributed by atoms with Crippen molar-refractivity contribution in [3.05, 3.63) is 59.0 Å². The van der Waals surface area contributed by atoms with Crippen molar-refractivity contribution in [2.45, 2.75) is 5.03 Å². The molecule has 0 saturated carbocycles. The average molecular weight is 329 g/mol.